The molecule has 0 atom stereocenters. The van der Waals surface area contributed by atoms with Crippen molar-refractivity contribution in [1.29, 1.82) is 0 Å². The van der Waals surface area contributed by atoms with Crippen LogP contribution >= 0.6 is 0 Å². The van der Waals surface area contributed by atoms with Crippen LogP contribution in [0.4, 0.5) is 5.69 Å². The van der Waals surface area contributed by atoms with Gasteiger partial charge in [-0.05, 0) is 86.1 Å². The molecule has 204 valence electrons. The van der Waals surface area contributed by atoms with Crippen molar-refractivity contribution in [3.8, 4) is 11.5 Å². The molecule has 0 bridgehead atoms. The zero-order valence-electron chi connectivity index (χ0n) is 21.8. The summed E-state index contributed by atoms with van der Waals surface area (Å²) in [5, 5.41) is 3.99. The van der Waals surface area contributed by atoms with E-state index < -0.39 is 21.9 Å². The summed E-state index contributed by atoms with van der Waals surface area (Å²) in [6.07, 6.45) is 1.42. The Hall–Kier alpha value is -4.96. The highest BCUT2D eigenvalue weighted by molar-refractivity contribution is 7.92. The predicted octanol–water partition coefficient (Wildman–Crippen LogP) is 5.18. The lowest BCUT2D eigenvalue weighted by Gasteiger charge is -2.11. The minimum absolute atomic E-state index is 0.143. The van der Waals surface area contributed by atoms with Crippen molar-refractivity contribution in [2.24, 2.45) is 5.10 Å². The van der Waals surface area contributed by atoms with Gasteiger partial charge < -0.3 is 9.47 Å². The molecule has 0 fully saturated rings. The average molecular weight is 558 g/mol. The molecule has 4 aromatic carbocycles. The van der Waals surface area contributed by atoms with E-state index in [2.05, 4.69) is 15.2 Å². The van der Waals surface area contributed by atoms with Crippen LogP contribution in [0.15, 0.2) is 107 Å². The summed E-state index contributed by atoms with van der Waals surface area (Å²) in [7, 11) is -3.75. The minimum Gasteiger partial charge on any atom is -0.490 e. The molecule has 4 rings (SSSR count). The molecule has 0 radical (unpaired) electrons. The van der Waals surface area contributed by atoms with Crippen LogP contribution in [0.3, 0.4) is 0 Å². The molecule has 2 N–H and O–H groups in total. The fourth-order valence-corrected chi connectivity index (χ4v) is 4.60. The summed E-state index contributed by atoms with van der Waals surface area (Å²) in [6.45, 7) is 4.03. The number of anilines is 1. The maximum atomic E-state index is 12.6. The van der Waals surface area contributed by atoms with Crippen LogP contribution in [0.25, 0.3) is 0 Å². The smallest absolute Gasteiger partial charge is 0.343 e. The third-order valence-electron chi connectivity index (χ3n) is 5.59. The average Bonchev–Trinajstić information content (AvgIpc) is 2.95. The third-order valence-corrected chi connectivity index (χ3v) is 6.99. The second kappa shape index (κ2) is 12.7. The number of carbonyl (C=O) groups is 2. The lowest BCUT2D eigenvalue weighted by Crippen LogP contribution is -2.18. The van der Waals surface area contributed by atoms with Gasteiger partial charge in [0.2, 0.25) is 0 Å². The van der Waals surface area contributed by atoms with Crippen molar-refractivity contribution in [1.82, 2.24) is 5.43 Å². The Morgan fingerprint density at radius 3 is 2.23 bits per heavy atom. The van der Waals surface area contributed by atoms with Crippen LogP contribution in [-0.2, 0) is 10.0 Å². The van der Waals surface area contributed by atoms with Gasteiger partial charge in [0, 0.05) is 11.3 Å². The summed E-state index contributed by atoms with van der Waals surface area (Å²) in [4.78, 5) is 25.1. The number of esters is 1. The van der Waals surface area contributed by atoms with E-state index in [1.807, 2.05) is 19.9 Å². The first kappa shape index (κ1) is 28.1. The predicted molar refractivity (Wildman–Crippen MR) is 153 cm³/mol. The minimum atomic E-state index is -3.75. The van der Waals surface area contributed by atoms with Crippen molar-refractivity contribution >= 4 is 33.8 Å². The first-order valence-corrected chi connectivity index (χ1v) is 13.8. The molecule has 0 saturated carbocycles. The topological polar surface area (TPSA) is 123 Å². The molecular formula is C30H27N3O6S. The van der Waals surface area contributed by atoms with Crippen molar-refractivity contribution in [2.75, 3.05) is 11.3 Å². The molecule has 0 saturated heterocycles. The van der Waals surface area contributed by atoms with Crippen molar-refractivity contribution in [3.63, 3.8) is 0 Å². The van der Waals surface area contributed by atoms with E-state index in [1.54, 1.807) is 54.6 Å². The zero-order chi connectivity index (χ0) is 28.5. The van der Waals surface area contributed by atoms with Gasteiger partial charge in [-0.3, -0.25) is 9.52 Å². The maximum absolute atomic E-state index is 12.6. The SMILES string of the molecule is CCOc1cc(C=NNC(=O)c2ccc(NS(=O)(=O)c3ccc(C)cc3)cc2)ccc1OC(=O)c1ccccc1. The van der Waals surface area contributed by atoms with Crippen molar-refractivity contribution < 1.29 is 27.5 Å². The molecule has 9 nitrogen and oxygen atoms in total. The number of sulfonamides is 1. The molecule has 4 aromatic rings. The highest BCUT2D eigenvalue weighted by Crippen LogP contribution is 2.29. The van der Waals surface area contributed by atoms with E-state index in [4.69, 9.17) is 9.47 Å². The maximum Gasteiger partial charge on any atom is 0.343 e. The monoisotopic (exact) mass is 557 g/mol. The number of rotatable bonds is 10. The first-order valence-electron chi connectivity index (χ1n) is 12.3. The summed E-state index contributed by atoms with van der Waals surface area (Å²) in [5.74, 6) is -0.382. The Morgan fingerprint density at radius 2 is 1.55 bits per heavy atom. The van der Waals surface area contributed by atoms with E-state index in [0.717, 1.165) is 5.56 Å². The van der Waals surface area contributed by atoms with Crippen molar-refractivity contribution in [2.45, 2.75) is 18.7 Å². The number of nitrogens with zero attached hydrogens (tertiary/aromatic N) is 1. The Labute approximate surface area is 232 Å². The number of amides is 1. The molecule has 10 heteroatoms. The number of benzene rings is 4. The lowest BCUT2D eigenvalue weighted by atomic mass is 10.2. The number of hydrogen-bond acceptors (Lipinski definition) is 7. The summed E-state index contributed by atoms with van der Waals surface area (Å²) >= 11 is 0. The number of ether oxygens (including phenoxy) is 2. The lowest BCUT2D eigenvalue weighted by molar-refractivity contribution is 0.0728. The standard InChI is InChI=1S/C30H27N3O6S/c1-3-38-28-19-22(11-18-27(28)39-30(35)24-7-5-4-6-8-24)20-31-32-29(34)23-12-14-25(15-13-23)33-40(36,37)26-16-9-21(2)10-17-26/h4-20,33H,3H2,1-2H3,(H,32,34). The molecule has 0 aliphatic heterocycles. The Balaban J connectivity index is 1.37. The Kier molecular flexibility index (Phi) is 8.93. The third kappa shape index (κ3) is 7.33. The number of carbonyl (C=O) groups excluding carboxylic acids is 2. The Bertz CT molecular complexity index is 1620. The second-order valence-electron chi connectivity index (χ2n) is 8.59. The number of nitrogens with one attached hydrogen (secondary N) is 2. The van der Waals surface area contributed by atoms with Gasteiger partial charge in [-0.25, -0.2) is 18.6 Å². The van der Waals surface area contributed by atoms with E-state index >= 15 is 0 Å². The summed E-state index contributed by atoms with van der Waals surface area (Å²) < 4.78 is 38.7. The highest BCUT2D eigenvalue weighted by atomic mass is 32.2. The van der Waals surface area contributed by atoms with Crippen LogP contribution in [-0.4, -0.2) is 33.1 Å². The molecule has 0 spiro atoms. The molecule has 0 aromatic heterocycles. The zero-order valence-corrected chi connectivity index (χ0v) is 22.6. The quantitative estimate of drug-likeness (QED) is 0.120. The van der Waals surface area contributed by atoms with Crippen molar-refractivity contribution in [3.05, 3.63) is 119 Å². The van der Waals surface area contributed by atoms with Gasteiger partial charge in [0.05, 0.1) is 23.3 Å². The normalized spacial score (nSPS) is 11.2. The molecule has 0 unspecified atom stereocenters. The fraction of sp³-hybridized carbons (Fsp3) is 0.100. The van der Waals surface area contributed by atoms with Gasteiger partial charge in [-0.15, -0.1) is 0 Å². The van der Waals surface area contributed by atoms with Crippen LogP contribution < -0.4 is 19.6 Å². The largest absolute Gasteiger partial charge is 0.490 e. The molecule has 0 aliphatic rings. The molecule has 0 aliphatic carbocycles. The highest BCUT2D eigenvalue weighted by Gasteiger charge is 2.15. The number of hydrazone groups is 1. The van der Waals surface area contributed by atoms with E-state index in [1.165, 1.54) is 42.6 Å². The summed E-state index contributed by atoms with van der Waals surface area (Å²) in [5.41, 5.74) is 5.00. The molecule has 1 amide bonds. The Morgan fingerprint density at radius 1 is 0.850 bits per heavy atom. The van der Waals surface area contributed by atoms with E-state index in [0.29, 0.717) is 29.2 Å². The van der Waals surface area contributed by atoms with Gasteiger partial charge in [-0.1, -0.05) is 35.9 Å². The van der Waals surface area contributed by atoms with Crippen LogP contribution in [0.5, 0.6) is 11.5 Å². The first-order chi connectivity index (χ1) is 19.2. The van der Waals surface area contributed by atoms with E-state index in [-0.39, 0.29) is 16.2 Å². The van der Waals surface area contributed by atoms with Crippen LogP contribution in [0, 0.1) is 6.92 Å². The van der Waals surface area contributed by atoms with Gasteiger partial charge >= 0.3 is 5.97 Å². The van der Waals surface area contributed by atoms with Gasteiger partial charge in [0.15, 0.2) is 11.5 Å². The van der Waals surface area contributed by atoms with Crippen LogP contribution in [0.2, 0.25) is 0 Å². The molecular weight excluding hydrogens is 530 g/mol. The van der Waals surface area contributed by atoms with Gasteiger partial charge in [-0.2, -0.15) is 5.10 Å². The number of hydrogen-bond donors (Lipinski definition) is 2. The van der Waals surface area contributed by atoms with E-state index in [9.17, 15) is 18.0 Å². The number of aryl methyl sites for hydroxylation is 1. The fourth-order valence-electron chi connectivity index (χ4n) is 3.54. The summed E-state index contributed by atoms with van der Waals surface area (Å²) in [6, 6.07) is 26.0. The van der Waals surface area contributed by atoms with Gasteiger partial charge in [0.1, 0.15) is 0 Å². The van der Waals surface area contributed by atoms with Gasteiger partial charge in [0.25, 0.3) is 15.9 Å². The molecule has 40 heavy (non-hydrogen) atoms. The second-order valence-corrected chi connectivity index (χ2v) is 10.3. The van der Waals surface area contributed by atoms with Crippen LogP contribution in [0.1, 0.15) is 38.8 Å². The molecule has 0 heterocycles.